The molecule has 7 nitrogen and oxygen atoms in total. The second kappa shape index (κ2) is 12.4. The third-order valence-electron chi connectivity index (χ3n) is 4.42. The molecule has 0 atom stereocenters. The summed E-state index contributed by atoms with van der Waals surface area (Å²) in [5.74, 6) is 3.09. The molecule has 29 heavy (non-hydrogen) atoms. The number of hydrogen-bond acceptors (Lipinski definition) is 5. The number of aromatic nitrogens is 1. The molecule has 0 spiro atoms. The topological polar surface area (TPSA) is 77.0 Å². The molecule has 0 radical (unpaired) electrons. The van der Waals surface area contributed by atoms with Crippen molar-refractivity contribution < 1.29 is 14.2 Å². The van der Waals surface area contributed by atoms with Gasteiger partial charge in [-0.15, -0.1) is 24.0 Å². The van der Waals surface area contributed by atoms with E-state index >= 15 is 0 Å². The maximum Gasteiger partial charge on any atom is 0.191 e. The molecule has 0 saturated heterocycles. The summed E-state index contributed by atoms with van der Waals surface area (Å²) in [6.45, 7) is 7.82. The standard InChI is InChI=1S/C21H30N4O3.HI/c1-7-22-21(24-12-16-8-9-17(26-4)10-19(16)27-5)25-13-18-15(3)20(28-6)14(2)11-23-18;/h8-11H,7,12-13H2,1-6H3,(H2,22,24,25);1H. The van der Waals surface area contributed by atoms with Crippen LogP contribution in [0.2, 0.25) is 0 Å². The molecule has 0 aliphatic rings. The lowest BCUT2D eigenvalue weighted by Gasteiger charge is -2.15. The zero-order valence-corrected chi connectivity index (χ0v) is 20.3. The van der Waals surface area contributed by atoms with Gasteiger partial charge in [-0.05, 0) is 32.9 Å². The number of hydrogen-bond donors (Lipinski definition) is 2. The first-order valence-electron chi connectivity index (χ1n) is 9.26. The fourth-order valence-corrected chi connectivity index (χ4v) is 2.91. The highest BCUT2D eigenvalue weighted by Gasteiger charge is 2.10. The van der Waals surface area contributed by atoms with E-state index in [2.05, 4.69) is 20.6 Å². The van der Waals surface area contributed by atoms with Crippen molar-refractivity contribution in [3.8, 4) is 17.2 Å². The summed E-state index contributed by atoms with van der Waals surface area (Å²) in [4.78, 5) is 9.19. The molecule has 1 aromatic carbocycles. The summed E-state index contributed by atoms with van der Waals surface area (Å²) < 4.78 is 16.2. The molecule has 1 aromatic heterocycles. The van der Waals surface area contributed by atoms with Crippen LogP contribution in [-0.4, -0.2) is 38.8 Å². The lowest BCUT2D eigenvalue weighted by molar-refractivity contribution is 0.391. The normalized spacial score (nSPS) is 10.8. The number of nitrogens with zero attached hydrogens (tertiary/aromatic N) is 2. The number of guanidine groups is 1. The number of methoxy groups -OCH3 is 3. The number of aliphatic imine (C=N–C) groups is 1. The van der Waals surface area contributed by atoms with E-state index in [-0.39, 0.29) is 24.0 Å². The number of ether oxygens (including phenoxy) is 3. The average molecular weight is 514 g/mol. The van der Waals surface area contributed by atoms with Crippen LogP contribution in [0.25, 0.3) is 0 Å². The van der Waals surface area contributed by atoms with Crippen LogP contribution in [0.15, 0.2) is 29.4 Å². The van der Waals surface area contributed by atoms with E-state index in [1.807, 2.05) is 45.2 Å². The summed E-state index contributed by atoms with van der Waals surface area (Å²) in [7, 11) is 4.96. The van der Waals surface area contributed by atoms with Crippen LogP contribution in [0.4, 0.5) is 0 Å². The van der Waals surface area contributed by atoms with Gasteiger partial charge >= 0.3 is 0 Å². The highest BCUT2D eigenvalue weighted by molar-refractivity contribution is 14.0. The van der Waals surface area contributed by atoms with Gasteiger partial charge in [-0.25, -0.2) is 4.99 Å². The van der Waals surface area contributed by atoms with Crippen LogP contribution in [0.1, 0.15) is 29.3 Å². The van der Waals surface area contributed by atoms with Gasteiger partial charge in [0, 0.05) is 35.5 Å². The van der Waals surface area contributed by atoms with Gasteiger partial charge in [-0.2, -0.15) is 0 Å². The number of rotatable bonds is 8. The summed E-state index contributed by atoms with van der Waals surface area (Å²) in [6, 6.07) is 5.72. The van der Waals surface area contributed by atoms with Crippen LogP contribution in [-0.2, 0) is 13.1 Å². The minimum absolute atomic E-state index is 0. The van der Waals surface area contributed by atoms with Gasteiger partial charge in [-0.3, -0.25) is 4.98 Å². The molecule has 8 heteroatoms. The van der Waals surface area contributed by atoms with E-state index in [1.165, 1.54) is 0 Å². The Hall–Kier alpha value is -2.23. The Labute approximate surface area is 190 Å². The first kappa shape index (κ1) is 24.8. The van der Waals surface area contributed by atoms with E-state index in [0.717, 1.165) is 46.2 Å². The molecule has 2 aromatic rings. The molecule has 0 bridgehead atoms. The molecular weight excluding hydrogens is 483 g/mol. The quantitative estimate of drug-likeness (QED) is 0.319. The van der Waals surface area contributed by atoms with E-state index in [4.69, 9.17) is 14.2 Å². The molecule has 2 N–H and O–H groups in total. The minimum atomic E-state index is 0. The lowest BCUT2D eigenvalue weighted by Crippen LogP contribution is -2.37. The Morgan fingerprint density at radius 2 is 1.83 bits per heavy atom. The number of benzene rings is 1. The van der Waals surface area contributed by atoms with Crippen LogP contribution in [0, 0.1) is 13.8 Å². The molecule has 0 amide bonds. The molecule has 0 fully saturated rings. The smallest absolute Gasteiger partial charge is 0.191 e. The summed E-state index contributed by atoms with van der Waals surface area (Å²) >= 11 is 0. The maximum absolute atomic E-state index is 5.48. The fourth-order valence-electron chi connectivity index (χ4n) is 2.91. The Kier molecular flexibility index (Phi) is 10.6. The molecular formula is C21H31IN4O3. The largest absolute Gasteiger partial charge is 0.497 e. The van der Waals surface area contributed by atoms with Crippen molar-refractivity contribution >= 4 is 29.9 Å². The first-order valence-corrected chi connectivity index (χ1v) is 9.26. The van der Waals surface area contributed by atoms with Gasteiger partial charge in [-0.1, -0.05) is 0 Å². The minimum Gasteiger partial charge on any atom is -0.497 e. The van der Waals surface area contributed by atoms with Gasteiger partial charge in [0.05, 0.1) is 40.1 Å². The zero-order valence-electron chi connectivity index (χ0n) is 18.0. The number of nitrogens with one attached hydrogen (secondary N) is 2. The summed E-state index contributed by atoms with van der Waals surface area (Å²) in [5.41, 5.74) is 3.96. The second-order valence-corrected chi connectivity index (χ2v) is 6.27. The highest BCUT2D eigenvalue weighted by atomic mass is 127. The van der Waals surface area contributed by atoms with E-state index in [1.54, 1.807) is 21.3 Å². The van der Waals surface area contributed by atoms with Crippen molar-refractivity contribution in [2.24, 2.45) is 4.99 Å². The number of halogens is 1. The Bertz CT molecular complexity index is 828. The molecule has 1 heterocycles. The molecule has 2 rings (SSSR count). The van der Waals surface area contributed by atoms with Crippen molar-refractivity contribution in [1.82, 2.24) is 15.6 Å². The van der Waals surface area contributed by atoms with Gasteiger partial charge in [0.15, 0.2) is 5.96 Å². The van der Waals surface area contributed by atoms with Crippen LogP contribution in [0.3, 0.4) is 0 Å². The van der Waals surface area contributed by atoms with Crippen LogP contribution in [0.5, 0.6) is 17.2 Å². The van der Waals surface area contributed by atoms with Crippen molar-refractivity contribution in [2.75, 3.05) is 27.9 Å². The Morgan fingerprint density at radius 3 is 2.45 bits per heavy atom. The average Bonchev–Trinajstić information content (AvgIpc) is 2.71. The second-order valence-electron chi connectivity index (χ2n) is 6.27. The lowest BCUT2D eigenvalue weighted by atomic mass is 10.1. The predicted octanol–water partition coefficient (Wildman–Crippen LogP) is 3.60. The van der Waals surface area contributed by atoms with Crippen molar-refractivity contribution in [3.05, 3.63) is 46.8 Å². The SMILES string of the molecule is CCNC(=NCc1ccc(OC)cc1OC)NCc1ncc(C)c(OC)c1C.I. The fraction of sp³-hybridized carbons (Fsp3) is 0.429. The van der Waals surface area contributed by atoms with Crippen molar-refractivity contribution in [3.63, 3.8) is 0 Å². The third kappa shape index (κ3) is 6.66. The predicted molar refractivity (Wildman–Crippen MR) is 127 cm³/mol. The van der Waals surface area contributed by atoms with E-state index in [0.29, 0.717) is 19.0 Å². The third-order valence-corrected chi connectivity index (χ3v) is 4.42. The van der Waals surface area contributed by atoms with E-state index in [9.17, 15) is 0 Å². The zero-order chi connectivity index (χ0) is 20.5. The molecule has 0 saturated carbocycles. The molecule has 160 valence electrons. The van der Waals surface area contributed by atoms with Crippen LogP contribution >= 0.6 is 24.0 Å². The van der Waals surface area contributed by atoms with Gasteiger partial charge in [0.1, 0.15) is 17.2 Å². The first-order chi connectivity index (χ1) is 13.5. The van der Waals surface area contributed by atoms with E-state index < -0.39 is 0 Å². The monoisotopic (exact) mass is 514 g/mol. The van der Waals surface area contributed by atoms with Crippen molar-refractivity contribution in [2.45, 2.75) is 33.9 Å². The van der Waals surface area contributed by atoms with Gasteiger partial charge < -0.3 is 24.8 Å². The van der Waals surface area contributed by atoms with Crippen molar-refractivity contribution in [1.29, 1.82) is 0 Å². The highest BCUT2D eigenvalue weighted by Crippen LogP contribution is 2.25. The Morgan fingerprint density at radius 1 is 1.07 bits per heavy atom. The molecule has 0 unspecified atom stereocenters. The summed E-state index contributed by atoms with van der Waals surface area (Å²) in [6.07, 6.45) is 1.83. The van der Waals surface area contributed by atoms with Gasteiger partial charge in [0.2, 0.25) is 0 Å². The number of pyridine rings is 1. The van der Waals surface area contributed by atoms with Crippen LogP contribution < -0.4 is 24.8 Å². The maximum atomic E-state index is 5.48. The number of aryl methyl sites for hydroxylation is 1. The molecule has 0 aliphatic heterocycles. The Balaban J connectivity index is 0.00000420. The van der Waals surface area contributed by atoms with Gasteiger partial charge in [0.25, 0.3) is 0 Å². The molecule has 0 aliphatic carbocycles. The summed E-state index contributed by atoms with van der Waals surface area (Å²) in [5, 5.41) is 6.59.